The Kier molecular flexibility index (Phi) is 6.21. The Labute approximate surface area is 229 Å². The zero-order valence-corrected chi connectivity index (χ0v) is 22.9. The number of rotatable bonds is 8. The van der Waals surface area contributed by atoms with Gasteiger partial charge in [-0.05, 0) is 68.8 Å². The normalized spacial score (nSPS) is 27.0. The molecule has 1 saturated heterocycles. The van der Waals surface area contributed by atoms with Crippen LogP contribution in [0.15, 0.2) is 30.3 Å². The molecule has 1 aromatic carbocycles. The maximum atomic E-state index is 11.8. The molecule has 206 valence electrons. The van der Waals surface area contributed by atoms with Gasteiger partial charge < -0.3 is 14.7 Å². The highest BCUT2D eigenvalue weighted by molar-refractivity contribution is 5.85. The Bertz CT molecular complexity index is 1360. The van der Waals surface area contributed by atoms with Crippen molar-refractivity contribution in [2.24, 2.45) is 17.8 Å². The van der Waals surface area contributed by atoms with Gasteiger partial charge in [-0.2, -0.15) is 0 Å². The first-order valence-electron chi connectivity index (χ1n) is 14.8. The lowest BCUT2D eigenvalue weighted by molar-refractivity contribution is 0.120. The van der Waals surface area contributed by atoms with Gasteiger partial charge in [0.05, 0.1) is 5.41 Å². The summed E-state index contributed by atoms with van der Waals surface area (Å²) in [5.74, 6) is 4.44. The molecule has 2 aromatic heterocycles. The molecule has 9 nitrogen and oxygen atoms in total. The fraction of sp³-hybridized carbons (Fsp3) is 0.600. The molecule has 1 amide bonds. The summed E-state index contributed by atoms with van der Waals surface area (Å²) in [6.45, 7) is 5.57. The monoisotopic (exact) mass is 529 g/mol. The van der Waals surface area contributed by atoms with Crippen molar-refractivity contribution < 1.29 is 9.63 Å². The van der Waals surface area contributed by atoms with Crippen LogP contribution in [0.4, 0.5) is 10.6 Å². The van der Waals surface area contributed by atoms with E-state index in [-0.39, 0.29) is 5.41 Å². The average Bonchev–Trinajstić information content (AvgIpc) is 3.46. The second kappa shape index (κ2) is 9.77. The summed E-state index contributed by atoms with van der Waals surface area (Å²) in [5.41, 5.74) is 5.63. The van der Waals surface area contributed by atoms with Gasteiger partial charge in [-0.3, -0.25) is 5.32 Å². The summed E-state index contributed by atoms with van der Waals surface area (Å²) in [6, 6.07) is 11.1. The van der Waals surface area contributed by atoms with E-state index in [1.807, 2.05) is 0 Å². The van der Waals surface area contributed by atoms with Crippen LogP contribution in [0, 0.1) is 17.8 Å². The van der Waals surface area contributed by atoms with Gasteiger partial charge in [-0.15, -0.1) is 5.48 Å². The van der Waals surface area contributed by atoms with Crippen LogP contribution in [0.5, 0.6) is 0 Å². The van der Waals surface area contributed by atoms with E-state index in [0.29, 0.717) is 29.3 Å². The third kappa shape index (κ3) is 4.54. The van der Waals surface area contributed by atoms with Crippen molar-refractivity contribution >= 4 is 23.1 Å². The molecule has 3 aromatic rings. The average molecular weight is 530 g/mol. The summed E-state index contributed by atoms with van der Waals surface area (Å²) in [6.07, 6.45) is 9.85. The van der Waals surface area contributed by atoms with Gasteiger partial charge in [-0.1, -0.05) is 56.5 Å². The number of nitrogens with one attached hydrogen (secondary N) is 3. The van der Waals surface area contributed by atoms with Crippen LogP contribution >= 0.6 is 0 Å². The molecule has 0 bridgehead atoms. The number of hydrogen-bond acceptors (Lipinski definition) is 7. The quantitative estimate of drug-likeness (QED) is 0.350. The molecule has 9 heteroatoms. The molecule has 3 N–H and O–H groups in total. The first-order chi connectivity index (χ1) is 19.0. The largest absolute Gasteiger partial charge is 0.427 e. The number of anilines is 1. The number of carbonyl (C=O) groups excluding carboxylic acids is 1. The van der Waals surface area contributed by atoms with Gasteiger partial charge in [0.25, 0.3) is 0 Å². The maximum Gasteiger partial charge on any atom is 0.427 e. The Morgan fingerprint density at radius 2 is 1.85 bits per heavy atom. The van der Waals surface area contributed by atoms with E-state index in [0.717, 1.165) is 42.5 Å². The smallest absolute Gasteiger partial charge is 0.365 e. The molecule has 3 saturated carbocycles. The topological polar surface area (TPSA) is 106 Å². The van der Waals surface area contributed by atoms with Crippen molar-refractivity contribution in [3.8, 4) is 0 Å². The number of imidazole rings is 1. The summed E-state index contributed by atoms with van der Waals surface area (Å²) in [7, 11) is 0. The second-order valence-corrected chi connectivity index (χ2v) is 12.4. The van der Waals surface area contributed by atoms with Crippen molar-refractivity contribution in [3.63, 3.8) is 0 Å². The van der Waals surface area contributed by atoms with E-state index in [4.69, 9.17) is 19.8 Å². The molecule has 2 atom stereocenters. The first-order valence-corrected chi connectivity index (χ1v) is 14.8. The van der Waals surface area contributed by atoms with Crippen LogP contribution < -0.4 is 16.1 Å². The lowest BCUT2D eigenvalue weighted by Crippen LogP contribution is -2.32. The lowest BCUT2D eigenvalue weighted by atomic mass is 9.80. The van der Waals surface area contributed by atoms with Gasteiger partial charge in [0, 0.05) is 12.6 Å². The number of benzene rings is 1. The van der Waals surface area contributed by atoms with Gasteiger partial charge in [0.2, 0.25) is 0 Å². The van der Waals surface area contributed by atoms with Crippen LogP contribution in [0.25, 0.3) is 11.2 Å². The molecular weight excluding hydrogens is 490 g/mol. The standard InChI is InChI=1S/C30H39N7O2/c1-18-11-13-20(14-12-18)17-37-23-24(31-19(2)21-7-6-8-21)32-26(27-35-29(38)39-36-27)33-25(23)34-28(37)30(15-16-30)22-9-4-3-5-10-22/h3-5,9-10,18-21,27,36H,6-8,11-17H2,1-2H3,(H,35,38)(H,31,32,33)/t18?,19-,20?,27?/m1/s1. The minimum absolute atomic E-state index is 0.0934. The summed E-state index contributed by atoms with van der Waals surface area (Å²) in [4.78, 5) is 32.0. The fourth-order valence-electron chi connectivity index (χ4n) is 6.80. The molecule has 4 fully saturated rings. The van der Waals surface area contributed by atoms with Crippen LogP contribution in [-0.2, 0) is 16.8 Å². The predicted octanol–water partition coefficient (Wildman–Crippen LogP) is 5.58. The Morgan fingerprint density at radius 1 is 1.08 bits per heavy atom. The third-order valence-corrected chi connectivity index (χ3v) is 9.71. The van der Waals surface area contributed by atoms with E-state index >= 15 is 0 Å². The molecule has 1 aliphatic heterocycles. The number of carbonyl (C=O) groups is 1. The van der Waals surface area contributed by atoms with Gasteiger partial charge in [0.1, 0.15) is 11.3 Å². The van der Waals surface area contributed by atoms with Crippen LogP contribution in [0.1, 0.15) is 95.0 Å². The minimum atomic E-state index is -0.612. The van der Waals surface area contributed by atoms with E-state index in [9.17, 15) is 4.79 Å². The highest BCUT2D eigenvalue weighted by atomic mass is 16.7. The van der Waals surface area contributed by atoms with Crippen LogP contribution in [-0.4, -0.2) is 31.7 Å². The number of hydrogen-bond donors (Lipinski definition) is 3. The molecule has 7 rings (SSSR count). The van der Waals surface area contributed by atoms with Crippen molar-refractivity contribution in [2.75, 3.05) is 5.32 Å². The summed E-state index contributed by atoms with van der Waals surface area (Å²) < 4.78 is 2.47. The first kappa shape index (κ1) is 24.8. The number of nitrogens with zero attached hydrogens (tertiary/aromatic N) is 4. The third-order valence-electron chi connectivity index (χ3n) is 9.71. The van der Waals surface area contributed by atoms with Gasteiger partial charge >= 0.3 is 6.09 Å². The number of hydroxylamine groups is 1. The Balaban J connectivity index is 1.37. The molecule has 39 heavy (non-hydrogen) atoms. The van der Waals surface area contributed by atoms with E-state index in [1.54, 1.807) is 0 Å². The van der Waals surface area contributed by atoms with Crippen molar-refractivity contribution in [3.05, 3.63) is 47.5 Å². The summed E-state index contributed by atoms with van der Waals surface area (Å²) >= 11 is 0. The van der Waals surface area contributed by atoms with Crippen molar-refractivity contribution in [2.45, 2.75) is 95.8 Å². The molecule has 3 heterocycles. The zero-order chi connectivity index (χ0) is 26.6. The molecule has 1 unspecified atom stereocenters. The van der Waals surface area contributed by atoms with E-state index in [1.165, 1.54) is 50.5 Å². The molecule has 0 spiro atoms. The highest BCUT2D eigenvalue weighted by Crippen LogP contribution is 2.54. The van der Waals surface area contributed by atoms with Gasteiger partial charge in [0.15, 0.2) is 23.5 Å². The van der Waals surface area contributed by atoms with Crippen LogP contribution in [0.3, 0.4) is 0 Å². The summed E-state index contributed by atoms with van der Waals surface area (Å²) in [5, 5.41) is 6.54. The Morgan fingerprint density at radius 3 is 2.49 bits per heavy atom. The maximum absolute atomic E-state index is 11.8. The fourth-order valence-corrected chi connectivity index (χ4v) is 6.80. The lowest BCUT2D eigenvalue weighted by Gasteiger charge is -2.32. The Hall–Kier alpha value is -3.20. The molecule has 0 radical (unpaired) electrons. The predicted molar refractivity (Wildman–Crippen MR) is 149 cm³/mol. The van der Waals surface area contributed by atoms with Crippen molar-refractivity contribution in [1.82, 2.24) is 30.3 Å². The van der Waals surface area contributed by atoms with Crippen molar-refractivity contribution in [1.29, 1.82) is 0 Å². The molecular formula is C30H39N7O2. The number of aromatic nitrogens is 4. The number of fused-ring (bicyclic) bond motifs is 1. The minimum Gasteiger partial charge on any atom is -0.365 e. The van der Waals surface area contributed by atoms with Crippen LogP contribution in [0.2, 0.25) is 0 Å². The molecule has 3 aliphatic carbocycles. The number of amides is 1. The van der Waals surface area contributed by atoms with E-state index < -0.39 is 12.3 Å². The van der Waals surface area contributed by atoms with Gasteiger partial charge in [-0.25, -0.2) is 19.7 Å². The highest BCUT2D eigenvalue weighted by Gasteiger charge is 2.50. The SMILES string of the molecule is CC1CCC(Cn2c(C3(c4ccccc4)CC3)nc3nc(C4NOC(=O)N4)nc(N[C@H](C)C4CCC4)c32)CC1. The molecule has 4 aliphatic rings. The van der Waals surface area contributed by atoms with E-state index in [2.05, 4.69) is 64.9 Å². The zero-order valence-electron chi connectivity index (χ0n) is 22.9. The second-order valence-electron chi connectivity index (χ2n) is 12.4.